The van der Waals surface area contributed by atoms with Crippen LogP contribution >= 0.6 is 0 Å². The highest BCUT2D eigenvalue weighted by molar-refractivity contribution is 5.85. The molecule has 0 aliphatic heterocycles. The van der Waals surface area contributed by atoms with Gasteiger partial charge in [-0.25, -0.2) is 13.2 Å². The first kappa shape index (κ1) is 13.6. The molecule has 0 saturated carbocycles. The summed E-state index contributed by atoms with van der Waals surface area (Å²) in [5.41, 5.74) is 0.427. The molecule has 2 nitrogen and oxygen atoms in total. The van der Waals surface area contributed by atoms with E-state index in [0.717, 1.165) is 17.5 Å². The maximum absolute atomic E-state index is 13.3. The Bertz CT molecular complexity index is 791. The number of aliphatic hydroxyl groups is 1. The van der Waals surface area contributed by atoms with Crippen molar-refractivity contribution < 1.29 is 18.3 Å². The zero-order valence-electron chi connectivity index (χ0n) is 10.7. The molecule has 1 N–H and O–H groups in total. The van der Waals surface area contributed by atoms with Crippen molar-refractivity contribution in [1.82, 2.24) is 4.98 Å². The SMILES string of the molecule is OC(c1cc(F)c(F)c(F)c1)c1cccc2cnccc12. The Morgan fingerprint density at radius 1 is 1.00 bits per heavy atom. The highest BCUT2D eigenvalue weighted by atomic mass is 19.2. The highest BCUT2D eigenvalue weighted by Gasteiger charge is 2.18. The first-order valence-corrected chi connectivity index (χ1v) is 6.23. The van der Waals surface area contributed by atoms with Crippen molar-refractivity contribution in [2.45, 2.75) is 6.10 Å². The summed E-state index contributed by atoms with van der Waals surface area (Å²) in [5.74, 6) is -4.20. The minimum atomic E-state index is -1.55. The zero-order valence-corrected chi connectivity index (χ0v) is 10.7. The third-order valence-electron chi connectivity index (χ3n) is 3.33. The van der Waals surface area contributed by atoms with Crippen molar-refractivity contribution in [3.63, 3.8) is 0 Å². The summed E-state index contributed by atoms with van der Waals surface area (Å²) < 4.78 is 39.6. The van der Waals surface area contributed by atoms with Crippen LogP contribution in [-0.4, -0.2) is 10.1 Å². The van der Waals surface area contributed by atoms with Gasteiger partial charge in [0.05, 0.1) is 0 Å². The molecule has 0 fully saturated rings. The first-order valence-electron chi connectivity index (χ1n) is 6.23. The van der Waals surface area contributed by atoms with E-state index in [2.05, 4.69) is 4.98 Å². The molecule has 1 unspecified atom stereocenters. The lowest BCUT2D eigenvalue weighted by atomic mass is 9.96. The third kappa shape index (κ3) is 2.36. The van der Waals surface area contributed by atoms with E-state index >= 15 is 0 Å². The van der Waals surface area contributed by atoms with E-state index in [9.17, 15) is 18.3 Å². The maximum Gasteiger partial charge on any atom is 0.194 e. The minimum absolute atomic E-state index is 0.0456. The average Bonchev–Trinajstić information content (AvgIpc) is 2.51. The summed E-state index contributed by atoms with van der Waals surface area (Å²) in [5, 5.41) is 11.9. The van der Waals surface area contributed by atoms with E-state index in [0.29, 0.717) is 10.9 Å². The van der Waals surface area contributed by atoms with Crippen molar-refractivity contribution in [2.24, 2.45) is 0 Å². The van der Waals surface area contributed by atoms with Crippen LogP contribution in [0.15, 0.2) is 48.8 Å². The molecule has 5 heteroatoms. The van der Waals surface area contributed by atoms with Crippen LogP contribution in [0.1, 0.15) is 17.2 Å². The van der Waals surface area contributed by atoms with E-state index < -0.39 is 23.6 Å². The molecule has 1 aromatic heterocycles. The van der Waals surface area contributed by atoms with Gasteiger partial charge in [-0.15, -0.1) is 0 Å². The minimum Gasteiger partial charge on any atom is -0.384 e. The fourth-order valence-corrected chi connectivity index (χ4v) is 2.30. The number of hydrogen-bond acceptors (Lipinski definition) is 2. The predicted octanol–water partition coefficient (Wildman–Crippen LogP) is 3.73. The highest BCUT2D eigenvalue weighted by Crippen LogP contribution is 2.29. The monoisotopic (exact) mass is 289 g/mol. The van der Waals surface area contributed by atoms with Crippen molar-refractivity contribution in [3.8, 4) is 0 Å². The van der Waals surface area contributed by atoms with Crippen molar-refractivity contribution in [2.75, 3.05) is 0 Å². The lowest BCUT2D eigenvalue weighted by Gasteiger charge is -2.14. The second-order valence-corrected chi connectivity index (χ2v) is 4.65. The van der Waals surface area contributed by atoms with E-state index in [1.807, 2.05) is 6.07 Å². The van der Waals surface area contributed by atoms with Gasteiger partial charge in [-0.1, -0.05) is 18.2 Å². The number of rotatable bonds is 2. The van der Waals surface area contributed by atoms with Gasteiger partial charge < -0.3 is 5.11 Å². The maximum atomic E-state index is 13.3. The van der Waals surface area contributed by atoms with Gasteiger partial charge in [0.1, 0.15) is 6.10 Å². The number of pyridine rings is 1. The second-order valence-electron chi connectivity index (χ2n) is 4.65. The molecule has 0 aliphatic rings. The van der Waals surface area contributed by atoms with Gasteiger partial charge in [0.15, 0.2) is 17.5 Å². The number of aliphatic hydroxyl groups excluding tert-OH is 1. The Balaban J connectivity index is 2.15. The summed E-state index contributed by atoms with van der Waals surface area (Å²) in [7, 11) is 0. The van der Waals surface area contributed by atoms with Gasteiger partial charge in [-0.2, -0.15) is 0 Å². The predicted molar refractivity (Wildman–Crippen MR) is 72.1 cm³/mol. The number of aromatic nitrogens is 1. The van der Waals surface area contributed by atoms with Crippen molar-refractivity contribution in [3.05, 3.63) is 77.4 Å². The fraction of sp³-hybridized carbons (Fsp3) is 0.0625. The zero-order chi connectivity index (χ0) is 15.0. The molecule has 0 aliphatic carbocycles. The van der Waals surface area contributed by atoms with Crippen molar-refractivity contribution >= 4 is 10.8 Å². The molecular weight excluding hydrogens is 279 g/mol. The standard InChI is InChI=1S/C16H10F3NO/c17-13-6-10(7-14(18)15(13)19)16(21)12-3-1-2-9-8-20-5-4-11(9)12/h1-8,16,21H. The molecule has 0 spiro atoms. The van der Waals surface area contributed by atoms with Gasteiger partial charge in [-0.3, -0.25) is 4.98 Å². The number of nitrogens with zero attached hydrogens (tertiary/aromatic N) is 1. The molecule has 0 radical (unpaired) electrons. The van der Waals surface area contributed by atoms with Gasteiger partial charge >= 0.3 is 0 Å². The van der Waals surface area contributed by atoms with Crippen LogP contribution in [-0.2, 0) is 0 Å². The van der Waals surface area contributed by atoms with Crippen molar-refractivity contribution in [1.29, 1.82) is 0 Å². The molecule has 0 bridgehead atoms. The fourth-order valence-electron chi connectivity index (χ4n) is 2.30. The smallest absolute Gasteiger partial charge is 0.194 e. The Hall–Kier alpha value is -2.40. The van der Waals surface area contributed by atoms with Crippen LogP contribution in [0.5, 0.6) is 0 Å². The van der Waals surface area contributed by atoms with Gasteiger partial charge in [0, 0.05) is 17.8 Å². The van der Waals surface area contributed by atoms with Crippen LogP contribution in [0.3, 0.4) is 0 Å². The van der Waals surface area contributed by atoms with E-state index in [-0.39, 0.29) is 5.56 Å². The van der Waals surface area contributed by atoms with Gasteiger partial charge in [-0.05, 0) is 34.7 Å². The lowest BCUT2D eigenvalue weighted by molar-refractivity contribution is 0.220. The van der Waals surface area contributed by atoms with Crippen LogP contribution in [0.4, 0.5) is 13.2 Å². The molecule has 21 heavy (non-hydrogen) atoms. The second kappa shape index (κ2) is 5.18. The lowest BCUT2D eigenvalue weighted by Crippen LogP contribution is -2.04. The Labute approximate surface area is 118 Å². The van der Waals surface area contributed by atoms with Crippen LogP contribution in [0.2, 0.25) is 0 Å². The Kier molecular flexibility index (Phi) is 3.35. The third-order valence-corrected chi connectivity index (χ3v) is 3.33. The summed E-state index contributed by atoms with van der Waals surface area (Å²) in [6.07, 6.45) is 1.92. The quantitative estimate of drug-likeness (QED) is 0.729. The molecule has 1 heterocycles. The number of fused-ring (bicyclic) bond motifs is 1. The largest absolute Gasteiger partial charge is 0.384 e. The molecule has 0 saturated heterocycles. The van der Waals surface area contributed by atoms with E-state index in [4.69, 9.17) is 0 Å². The number of benzene rings is 2. The molecule has 0 amide bonds. The Morgan fingerprint density at radius 2 is 1.71 bits per heavy atom. The van der Waals surface area contributed by atoms with E-state index in [1.165, 1.54) is 0 Å². The molecule has 1 atom stereocenters. The van der Waals surface area contributed by atoms with Crippen LogP contribution < -0.4 is 0 Å². The Morgan fingerprint density at radius 3 is 2.43 bits per heavy atom. The van der Waals surface area contributed by atoms with Gasteiger partial charge in [0.2, 0.25) is 0 Å². The summed E-state index contributed by atoms with van der Waals surface area (Å²) in [6, 6.07) is 8.45. The van der Waals surface area contributed by atoms with Crippen LogP contribution in [0, 0.1) is 17.5 Å². The molecule has 2 aromatic carbocycles. The number of halogens is 3. The average molecular weight is 289 g/mol. The van der Waals surface area contributed by atoms with Gasteiger partial charge in [0.25, 0.3) is 0 Å². The molecule has 106 valence electrons. The first-order chi connectivity index (χ1) is 10.1. The molecule has 3 aromatic rings. The number of hydrogen-bond donors (Lipinski definition) is 1. The topological polar surface area (TPSA) is 33.1 Å². The molecule has 3 rings (SSSR count). The van der Waals surface area contributed by atoms with E-state index in [1.54, 1.807) is 30.6 Å². The van der Waals surface area contributed by atoms with Crippen LogP contribution in [0.25, 0.3) is 10.8 Å². The summed E-state index contributed by atoms with van der Waals surface area (Å²) in [6.45, 7) is 0. The normalized spacial score (nSPS) is 12.6. The summed E-state index contributed by atoms with van der Waals surface area (Å²) in [4.78, 5) is 3.97. The molecular formula is C16H10F3NO. The summed E-state index contributed by atoms with van der Waals surface area (Å²) >= 11 is 0.